The lowest BCUT2D eigenvalue weighted by Crippen LogP contribution is -2.23. The molecule has 1 saturated carbocycles. The van der Waals surface area contributed by atoms with Crippen LogP contribution in [0.3, 0.4) is 0 Å². The third-order valence-corrected chi connectivity index (χ3v) is 5.59. The van der Waals surface area contributed by atoms with Crippen molar-refractivity contribution >= 4 is 11.8 Å². The highest BCUT2D eigenvalue weighted by atomic mass is 16.5. The highest BCUT2D eigenvalue weighted by Gasteiger charge is 2.39. The summed E-state index contributed by atoms with van der Waals surface area (Å²) in [5, 5.41) is 20.6. The summed E-state index contributed by atoms with van der Waals surface area (Å²) in [4.78, 5) is 23.3. The van der Waals surface area contributed by atoms with E-state index in [2.05, 4.69) is 11.7 Å². The summed E-state index contributed by atoms with van der Waals surface area (Å²) in [6, 6.07) is 0. The summed E-state index contributed by atoms with van der Waals surface area (Å²) in [5.74, 6) is -0.305. The Labute approximate surface area is 164 Å². The fourth-order valence-corrected chi connectivity index (χ4v) is 3.82. The number of carbonyl (C=O) groups excluding carboxylic acids is 2. The van der Waals surface area contributed by atoms with Gasteiger partial charge >= 0.3 is 5.97 Å². The number of Topliss-reactive ketones (excluding diaryl/α,β-unsaturated/α-hetero) is 1. The largest absolute Gasteiger partial charge is 0.469 e. The molecule has 4 atom stereocenters. The van der Waals surface area contributed by atoms with E-state index in [1.165, 1.54) is 7.11 Å². The minimum absolute atomic E-state index is 0.127. The van der Waals surface area contributed by atoms with Gasteiger partial charge in [0.25, 0.3) is 0 Å². The van der Waals surface area contributed by atoms with Crippen LogP contribution >= 0.6 is 0 Å². The van der Waals surface area contributed by atoms with Crippen molar-refractivity contribution in [2.24, 2.45) is 11.8 Å². The van der Waals surface area contributed by atoms with Crippen molar-refractivity contribution in [3.8, 4) is 0 Å². The number of esters is 1. The summed E-state index contributed by atoms with van der Waals surface area (Å²) in [6.07, 6.45) is 11.7. The number of hydrogen-bond donors (Lipinski definition) is 2. The second-order valence-electron chi connectivity index (χ2n) is 8.18. The predicted molar refractivity (Wildman–Crippen MR) is 106 cm³/mol. The van der Waals surface area contributed by atoms with Gasteiger partial charge in [0.05, 0.1) is 18.8 Å². The Kier molecular flexibility index (Phi) is 10.9. The number of unbranched alkanes of at least 4 members (excludes halogenated alkanes) is 4. The molecule has 0 spiro atoms. The summed E-state index contributed by atoms with van der Waals surface area (Å²) < 4.78 is 4.62. The van der Waals surface area contributed by atoms with Crippen LogP contribution in [0.2, 0.25) is 0 Å². The molecule has 0 bridgehead atoms. The van der Waals surface area contributed by atoms with Crippen molar-refractivity contribution in [2.45, 2.75) is 96.2 Å². The summed E-state index contributed by atoms with van der Waals surface area (Å²) in [7, 11) is 1.40. The SMILES string of the molecule is CCCCC(C)(O)C/C=C/[C@H]1C(O)CC(=O)[C@@H]1CCCCCCC(=O)OC. The zero-order valence-corrected chi connectivity index (χ0v) is 17.3. The molecule has 5 heteroatoms. The average Bonchev–Trinajstić information content (AvgIpc) is 2.89. The number of methoxy groups -OCH3 is 1. The van der Waals surface area contributed by atoms with E-state index in [1.807, 2.05) is 19.1 Å². The molecule has 156 valence electrons. The molecule has 0 heterocycles. The Morgan fingerprint density at radius 1 is 1.26 bits per heavy atom. The number of aliphatic hydroxyl groups excluding tert-OH is 1. The number of ketones is 1. The molecule has 0 aromatic rings. The molecule has 2 unspecified atom stereocenters. The molecular formula is C22H38O5. The molecule has 1 fully saturated rings. The smallest absolute Gasteiger partial charge is 0.305 e. The van der Waals surface area contributed by atoms with Crippen molar-refractivity contribution in [3.63, 3.8) is 0 Å². The van der Waals surface area contributed by atoms with Crippen LogP contribution in [0.25, 0.3) is 0 Å². The van der Waals surface area contributed by atoms with E-state index in [4.69, 9.17) is 0 Å². The van der Waals surface area contributed by atoms with Crippen LogP contribution in [0.15, 0.2) is 12.2 Å². The standard InChI is InChI=1S/C22H38O5/c1-4-5-14-22(2,26)15-10-12-18-17(19(23)16-20(18)24)11-8-6-7-9-13-21(25)27-3/h10,12,17-18,20,24,26H,4-9,11,13-16H2,1-3H3/b12-10+/t17-,18-,20?,22?/m1/s1. The van der Waals surface area contributed by atoms with Gasteiger partial charge in [0.1, 0.15) is 5.78 Å². The molecule has 0 radical (unpaired) electrons. The quantitative estimate of drug-likeness (QED) is 0.286. The van der Waals surface area contributed by atoms with Gasteiger partial charge in [-0.25, -0.2) is 0 Å². The number of carbonyl (C=O) groups is 2. The van der Waals surface area contributed by atoms with Gasteiger partial charge in [0.15, 0.2) is 0 Å². The van der Waals surface area contributed by atoms with Crippen LogP contribution in [0.1, 0.15) is 84.5 Å². The minimum atomic E-state index is -0.727. The van der Waals surface area contributed by atoms with Gasteiger partial charge < -0.3 is 14.9 Å². The number of rotatable bonds is 13. The van der Waals surface area contributed by atoms with Crippen molar-refractivity contribution in [3.05, 3.63) is 12.2 Å². The Morgan fingerprint density at radius 2 is 1.96 bits per heavy atom. The van der Waals surface area contributed by atoms with Crippen molar-refractivity contribution in [2.75, 3.05) is 7.11 Å². The normalized spacial score (nSPS) is 25.1. The monoisotopic (exact) mass is 382 g/mol. The van der Waals surface area contributed by atoms with Crippen LogP contribution in [0.5, 0.6) is 0 Å². The van der Waals surface area contributed by atoms with Gasteiger partial charge in [0.2, 0.25) is 0 Å². The Balaban J connectivity index is 2.42. The van der Waals surface area contributed by atoms with Gasteiger partial charge in [0, 0.05) is 24.7 Å². The van der Waals surface area contributed by atoms with Crippen molar-refractivity contribution in [1.29, 1.82) is 0 Å². The summed E-state index contributed by atoms with van der Waals surface area (Å²) in [5.41, 5.74) is -0.727. The van der Waals surface area contributed by atoms with Gasteiger partial charge in [-0.15, -0.1) is 0 Å². The lowest BCUT2D eigenvalue weighted by atomic mass is 9.87. The molecular weight excluding hydrogens is 344 g/mol. The Morgan fingerprint density at radius 3 is 2.63 bits per heavy atom. The van der Waals surface area contributed by atoms with E-state index in [0.717, 1.165) is 51.4 Å². The molecule has 0 aromatic heterocycles. The number of aliphatic hydroxyl groups is 2. The maximum Gasteiger partial charge on any atom is 0.305 e. The Hall–Kier alpha value is -1.20. The van der Waals surface area contributed by atoms with Gasteiger partial charge in [-0.05, 0) is 32.6 Å². The second-order valence-corrected chi connectivity index (χ2v) is 8.18. The fourth-order valence-electron chi connectivity index (χ4n) is 3.82. The van der Waals surface area contributed by atoms with Crippen molar-refractivity contribution < 1.29 is 24.5 Å². The van der Waals surface area contributed by atoms with Gasteiger partial charge in [-0.2, -0.15) is 0 Å². The molecule has 5 nitrogen and oxygen atoms in total. The van der Waals surface area contributed by atoms with E-state index in [-0.39, 0.29) is 30.0 Å². The molecule has 1 aliphatic carbocycles. The van der Waals surface area contributed by atoms with E-state index in [9.17, 15) is 19.8 Å². The maximum atomic E-state index is 12.2. The maximum absolute atomic E-state index is 12.2. The Bertz CT molecular complexity index is 483. The topological polar surface area (TPSA) is 83.8 Å². The molecule has 0 amide bonds. The van der Waals surface area contributed by atoms with E-state index in [0.29, 0.717) is 12.8 Å². The third kappa shape index (κ3) is 9.02. The first-order valence-corrected chi connectivity index (χ1v) is 10.5. The lowest BCUT2D eigenvalue weighted by molar-refractivity contribution is -0.140. The van der Waals surface area contributed by atoms with E-state index < -0.39 is 11.7 Å². The highest BCUT2D eigenvalue weighted by Crippen LogP contribution is 2.34. The summed E-state index contributed by atoms with van der Waals surface area (Å²) in [6.45, 7) is 3.95. The molecule has 1 aliphatic rings. The van der Waals surface area contributed by atoms with Crippen LogP contribution in [-0.2, 0) is 14.3 Å². The summed E-state index contributed by atoms with van der Waals surface area (Å²) >= 11 is 0. The zero-order valence-electron chi connectivity index (χ0n) is 17.3. The van der Waals surface area contributed by atoms with Crippen LogP contribution in [-0.4, -0.2) is 40.8 Å². The predicted octanol–water partition coefficient (Wildman–Crippen LogP) is 3.95. The molecule has 27 heavy (non-hydrogen) atoms. The second kappa shape index (κ2) is 12.3. The number of hydrogen-bond acceptors (Lipinski definition) is 5. The fraction of sp³-hybridized carbons (Fsp3) is 0.818. The minimum Gasteiger partial charge on any atom is -0.469 e. The van der Waals surface area contributed by atoms with Crippen LogP contribution < -0.4 is 0 Å². The first kappa shape index (κ1) is 23.8. The van der Waals surface area contributed by atoms with Crippen molar-refractivity contribution in [1.82, 2.24) is 0 Å². The van der Waals surface area contributed by atoms with Crippen LogP contribution in [0.4, 0.5) is 0 Å². The van der Waals surface area contributed by atoms with Gasteiger partial charge in [-0.1, -0.05) is 51.2 Å². The zero-order chi connectivity index (χ0) is 20.3. The van der Waals surface area contributed by atoms with E-state index in [1.54, 1.807) is 0 Å². The third-order valence-electron chi connectivity index (χ3n) is 5.59. The molecule has 1 rings (SSSR count). The first-order chi connectivity index (χ1) is 12.8. The molecule has 0 saturated heterocycles. The molecule has 0 aliphatic heterocycles. The van der Waals surface area contributed by atoms with Crippen LogP contribution in [0, 0.1) is 11.8 Å². The average molecular weight is 383 g/mol. The van der Waals surface area contributed by atoms with Gasteiger partial charge in [-0.3, -0.25) is 9.59 Å². The first-order valence-electron chi connectivity index (χ1n) is 10.5. The van der Waals surface area contributed by atoms with E-state index >= 15 is 0 Å². The molecule has 0 aromatic carbocycles. The lowest BCUT2D eigenvalue weighted by Gasteiger charge is -2.22. The highest BCUT2D eigenvalue weighted by molar-refractivity contribution is 5.84. The number of ether oxygens (including phenoxy) is 1. The molecule has 2 N–H and O–H groups in total.